The van der Waals surface area contributed by atoms with E-state index in [1.165, 1.54) is 0 Å². The van der Waals surface area contributed by atoms with Gasteiger partial charge in [-0.15, -0.1) is 0 Å². The number of hydrogen-bond acceptors (Lipinski definition) is 2. The van der Waals surface area contributed by atoms with E-state index in [1.807, 2.05) is 36.4 Å². The molecule has 0 fully saturated rings. The quantitative estimate of drug-likeness (QED) is 0.507. The van der Waals surface area contributed by atoms with Crippen molar-refractivity contribution in [3.05, 3.63) is 66.4 Å². The van der Waals surface area contributed by atoms with Gasteiger partial charge < -0.3 is 15.0 Å². The number of hydrogen-bond donors (Lipinski definition) is 4. The molecule has 1 heterocycles. The number of aromatic amines is 1. The molecule has 0 spiro atoms. The van der Waals surface area contributed by atoms with Crippen molar-refractivity contribution in [2.75, 3.05) is 0 Å². The van der Waals surface area contributed by atoms with Crippen LogP contribution in [-0.2, 0) is 23.0 Å². The Hall–Kier alpha value is -1.98. The minimum atomic E-state index is -3.14. The number of carboxylic acid groups (broad SMARTS) is 1. The number of carboxylic acids is 1. The first-order valence-electron chi connectivity index (χ1n) is 7.41. The number of aliphatic carboxylic acids is 1. The van der Waals surface area contributed by atoms with Crippen molar-refractivity contribution < 1.29 is 14.8 Å². The Kier molecular flexibility index (Phi) is 4.83. The van der Waals surface area contributed by atoms with Gasteiger partial charge in [0.15, 0.2) is 6.42 Å². The van der Waals surface area contributed by atoms with Crippen LogP contribution in [0.25, 0.3) is 10.9 Å². The largest absolute Gasteiger partial charge is 0.480 e. The standard InChI is InChI=1S/C17H17N2O3PS/c20-17(21)16(19-23(22,24)14-7-2-1-3-8-14)11-13-10-12-6-4-5-9-15(12)18-13/h1-10,16,18H,11H2,(H,20,21)(H2,19,22,24)/t16-,23?/m0/s1. The molecule has 4 N–H and O–H groups in total. The lowest BCUT2D eigenvalue weighted by Crippen LogP contribution is -2.38. The lowest BCUT2D eigenvalue weighted by Gasteiger charge is -2.22. The molecule has 0 aliphatic carbocycles. The van der Waals surface area contributed by atoms with Crippen LogP contribution in [0.3, 0.4) is 0 Å². The summed E-state index contributed by atoms with van der Waals surface area (Å²) in [4.78, 5) is 25.4. The van der Waals surface area contributed by atoms with E-state index in [0.29, 0.717) is 5.30 Å². The third-order valence-electron chi connectivity index (χ3n) is 3.74. The summed E-state index contributed by atoms with van der Waals surface area (Å²) in [6.07, 6.45) is -2.93. The fraction of sp³-hybridized carbons (Fsp3) is 0.118. The smallest absolute Gasteiger partial charge is 0.321 e. The number of H-pyrrole nitrogens is 1. The van der Waals surface area contributed by atoms with Crippen molar-refractivity contribution in [3.8, 4) is 0 Å². The Morgan fingerprint density at radius 2 is 1.83 bits per heavy atom. The van der Waals surface area contributed by atoms with Gasteiger partial charge in [-0.1, -0.05) is 48.5 Å². The predicted molar refractivity (Wildman–Crippen MR) is 99.1 cm³/mol. The van der Waals surface area contributed by atoms with Crippen LogP contribution >= 0.6 is 6.42 Å². The van der Waals surface area contributed by atoms with Crippen molar-refractivity contribution >= 4 is 40.4 Å². The van der Waals surface area contributed by atoms with E-state index >= 15 is 0 Å². The van der Waals surface area contributed by atoms with Crippen LogP contribution < -0.4 is 10.4 Å². The minimum Gasteiger partial charge on any atom is -0.480 e. The lowest BCUT2D eigenvalue weighted by atomic mass is 10.1. The highest BCUT2D eigenvalue weighted by Crippen LogP contribution is 2.35. The van der Waals surface area contributed by atoms with Gasteiger partial charge in [-0.2, -0.15) is 0 Å². The summed E-state index contributed by atoms with van der Waals surface area (Å²) in [5, 5.41) is 13.8. The molecule has 3 aromatic rings. The summed E-state index contributed by atoms with van der Waals surface area (Å²) in [6, 6.07) is 17.4. The molecule has 0 radical (unpaired) electrons. The number of nitrogens with one attached hydrogen (secondary N) is 2. The van der Waals surface area contributed by atoms with Gasteiger partial charge in [0.2, 0.25) is 0 Å². The molecule has 5 nitrogen and oxygen atoms in total. The number of fused-ring (bicyclic) bond motifs is 1. The van der Waals surface area contributed by atoms with Gasteiger partial charge >= 0.3 is 5.97 Å². The Balaban J connectivity index is 1.82. The summed E-state index contributed by atoms with van der Waals surface area (Å²) >= 11 is 5.27. The average molecular weight is 360 g/mol. The molecule has 0 saturated carbocycles. The van der Waals surface area contributed by atoms with Gasteiger partial charge in [0.1, 0.15) is 6.04 Å². The van der Waals surface area contributed by atoms with Gasteiger partial charge in [-0.25, -0.2) is 0 Å². The van der Waals surface area contributed by atoms with Crippen LogP contribution in [-0.4, -0.2) is 27.0 Å². The van der Waals surface area contributed by atoms with Crippen LogP contribution in [0, 0.1) is 0 Å². The van der Waals surface area contributed by atoms with Crippen molar-refractivity contribution in [3.63, 3.8) is 0 Å². The van der Waals surface area contributed by atoms with Crippen LogP contribution in [0.15, 0.2) is 60.7 Å². The van der Waals surface area contributed by atoms with Crippen LogP contribution in [0.4, 0.5) is 0 Å². The zero-order valence-electron chi connectivity index (χ0n) is 12.7. The number of benzene rings is 2. The first kappa shape index (κ1) is 16.9. The molecule has 2 atom stereocenters. The normalized spacial score (nSPS) is 15.0. The van der Waals surface area contributed by atoms with E-state index in [9.17, 15) is 14.8 Å². The molecule has 0 bridgehead atoms. The molecule has 2 aromatic carbocycles. The third kappa shape index (κ3) is 3.74. The monoisotopic (exact) mass is 360 g/mol. The topological polar surface area (TPSA) is 85.3 Å². The van der Waals surface area contributed by atoms with Gasteiger partial charge in [-0.05, 0) is 29.3 Å². The molecular weight excluding hydrogens is 343 g/mol. The second-order valence-electron chi connectivity index (χ2n) is 5.52. The highest BCUT2D eigenvalue weighted by Gasteiger charge is 2.26. The van der Waals surface area contributed by atoms with Gasteiger partial charge in [0, 0.05) is 22.9 Å². The summed E-state index contributed by atoms with van der Waals surface area (Å²) in [5.74, 6) is -1.05. The van der Waals surface area contributed by atoms with E-state index in [2.05, 4.69) is 10.1 Å². The van der Waals surface area contributed by atoms with E-state index < -0.39 is 18.4 Å². The third-order valence-corrected chi connectivity index (χ3v) is 6.35. The summed E-state index contributed by atoms with van der Waals surface area (Å²) in [7, 11) is 0. The van der Waals surface area contributed by atoms with E-state index in [4.69, 9.17) is 11.8 Å². The van der Waals surface area contributed by atoms with Crippen LogP contribution in [0.2, 0.25) is 0 Å². The van der Waals surface area contributed by atoms with Crippen LogP contribution in [0.1, 0.15) is 5.69 Å². The van der Waals surface area contributed by atoms with Crippen molar-refractivity contribution in [1.82, 2.24) is 10.1 Å². The first-order chi connectivity index (χ1) is 11.5. The van der Waals surface area contributed by atoms with Crippen LogP contribution in [0.5, 0.6) is 0 Å². The zero-order valence-corrected chi connectivity index (χ0v) is 14.4. The second-order valence-corrected chi connectivity index (χ2v) is 9.03. The maximum absolute atomic E-state index is 11.6. The molecule has 1 unspecified atom stereocenters. The zero-order chi connectivity index (χ0) is 17.2. The summed E-state index contributed by atoms with van der Waals surface area (Å²) < 4.78 is 0. The molecule has 0 aliphatic rings. The molecule has 124 valence electrons. The SMILES string of the molecule is O=C(O)[C@H](Cc1cc2ccccc2[nH]1)NP(O)(=S)c1ccccc1. The highest BCUT2D eigenvalue weighted by atomic mass is 32.4. The fourth-order valence-electron chi connectivity index (χ4n) is 2.57. The summed E-state index contributed by atoms with van der Waals surface area (Å²) in [5.41, 5.74) is 1.72. The maximum atomic E-state index is 11.6. The molecule has 24 heavy (non-hydrogen) atoms. The molecular formula is C17H17N2O3PS. The van der Waals surface area contributed by atoms with E-state index in [1.54, 1.807) is 24.3 Å². The number of carbonyl (C=O) groups is 1. The van der Waals surface area contributed by atoms with E-state index in [-0.39, 0.29) is 6.42 Å². The number of rotatable bonds is 6. The van der Waals surface area contributed by atoms with Crippen molar-refractivity contribution in [2.24, 2.45) is 0 Å². The maximum Gasteiger partial charge on any atom is 0.321 e. The Bertz CT molecular complexity index is 877. The van der Waals surface area contributed by atoms with Crippen molar-refractivity contribution in [1.29, 1.82) is 0 Å². The molecule has 0 amide bonds. The molecule has 0 saturated heterocycles. The highest BCUT2D eigenvalue weighted by molar-refractivity contribution is 8.14. The van der Waals surface area contributed by atoms with Gasteiger partial charge in [0.25, 0.3) is 0 Å². The Labute approximate surface area is 144 Å². The number of para-hydroxylation sites is 1. The number of aromatic nitrogens is 1. The lowest BCUT2D eigenvalue weighted by molar-refractivity contribution is -0.138. The second kappa shape index (κ2) is 6.87. The Morgan fingerprint density at radius 3 is 2.50 bits per heavy atom. The molecule has 3 rings (SSSR count). The predicted octanol–water partition coefficient (Wildman–Crippen LogP) is 2.38. The average Bonchev–Trinajstić information content (AvgIpc) is 2.97. The summed E-state index contributed by atoms with van der Waals surface area (Å²) in [6.45, 7) is 0. The van der Waals surface area contributed by atoms with E-state index in [0.717, 1.165) is 16.6 Å². The molecule has 0 aliphatic heterocycles. The fourth-order valence-corrected chi connectivity index (χ4v) is 4.66. The van der Waals surface area contributed by atoms with Crippen molar-refractivity contribution in [2.45, 2.75) is 12.5 Å². The minimum absolute atomic E-state index is 0.204. The molecule has 7 heteroatoms. The van der Waals surface area contributed by atoms with Gasteiger partial charge in [-0.3, -0.25) is 9.88 Å². The molecule has 1 aromatic heterocycles. The first-order valence-corrected chi connectivity index (χ1v) is 10.2. The Morgan fingerprint density at radius 1 is 1.17 bits per heavy atom. The van der Waals surface area contributed by atoms with Gasteiger partial charge in [0.05, 0.1) is 0 Å².